The molecule has 3 aromatic carbocycles. The van der Waals surface area contributed by atoms with E-state index in [1.807, 2.05) is 67.6 Å². The second kappa shape index (κ2) is 8.43. The summed E-state index contributed by atoms with van der Waals surface area (Å²) in [7, 11) is 0. The van der Waals surface area contributed by atoms with Crippen molar-refractivity contribution < 1.29 is 9.18 Å². The van der Waals surface area contributed by atoms with Crippen LogP contribution in [-0.4, -0.2) is 5.91 Å². The molecule has 0 aliphatic heterocycles. The summed E-state index contributed by atoms with van der Waals surface area (Å²) in [6.07, 6.45) is 0.361. The first kappa shape index (κ1) is 17.9. The van der Waals surface area contributed by atoms with E-state index < -0.39 is 0 Å². The molecule has 0 saturated heterocycles. The Kier molecular flexibility index (Phi) is 5.80. The predicted molar refractivity (Wildman–Crippen MR) is 102 cm³/mol. The first-order valence-corrected chi connectivity index (χ1v) is 8.78. The Hall–Kier alpha value is -2.94. The number of amides is 1. The van der Waals surface area contributed by atoms with Crippen molar-refractivity contribution in [3.8, 4) is 0 Å². The van der Waals surface area contributed by atoms with Crippen LogP contribution < -0.4 is 5.32 Å². The van der Waals surface area contributed by atoms with Crippen molar-refractivity contribution in [2.24, 2.45) is 0 Å². The minimum Gasteiger partial charge on any atom is -0.350 e. The zero-order valence-electron chi connectivity index (χ0n) is 14.7. The van der Waals surface area contributed by atoms with Crippen LogP contribution in [0, 0.1) is 5.82 Å². The highest BCUT2D eigenvalue weighted by Gasteiger charge is 2.19. The van der Waals surface area contributed by atoms with E-state index in [1.165, 1.54) is 12.1 Å². The molecule has 1 N–H and O–H groups in total. The van der Waals surface area contributed by atoms with Gasteiger partial charge in [-0.05, 0) is 35.7 Å². The van der Waals surface area contributed by atoms with Gasteiger partial charge in [0.1, 0.15) is 5.82 Å². The third-order valence-corrected chi connectivity index (χ3v) is 4.54. The number of benzene rings is 3. The quantitative estimate of drug-likeness (QED) is 0.650. The van der Waals surface area contributed by atoms with E-state index in [1.54, 1.807) is 12.1 Å². The summed E-state index contributed by atoms with van der Waals surface area (Å²) in [5.74, 6) is -0.308. The predicted octanol–water partition coefficient (Wildman–Crippen LogP) is 5.23. The minimum atomic E-state index is -0.277. The van der Waals surface area contributed by atoms with Crippen LogP contribution in [-0.2, 0) is 4.79 Å². The molecular formula is C23H22FNO. The Bertz CT molecular complexity index is 792. The van der Waals surface area contributed by atoms with Gasteiger partial charge in [-0.2, -0.15) is 0 Å². The summed E-state index contributed by atoms with van der Waals surface area (Å²) in [6.45, 7) is 1.91. The van der Waals surface area contributed by atoms with E-state index in [0.29, 0.717) is 6.42 Å². The Morgan fingerprint density at radius 2 is 1.31 bits per heavy atom. The van der Waals surface area contributed by atoms with Gasteiger partial charge in [0, 0.05) is 12.3 Å². The smallest absolute Gasteiger partial charge is 0.221 e. The summed E-state index contributed by atoms with van der Waals surface area (Å²) in [4.78, 5) is 12.7. The maximum absolute atomic E-state index is 13.1. The third-order valence-electron chi connectivity index (χ3n) is 4.54. The first-order valence-electron chi connectivity index (χ1n) is 8.78. The molecule has 0 heterocycles. The molecule has 0 spiro atoms. The van der Waals surface area contributed by atoms with E-state index in [2.05, 4.69) is 5.32 Å². The number of halogens is 1. The van der Waals surface area contributed by atoms with Gasteiger partial charge in [-0.15, -0.1) is 0 Å². The Morgan fingerprint density at radius 3 is 1.81 bits per heavy atom. The summed E-state index contributed by atoms with van der Waals surface area (Å²) >= 11 is 0. The Labute approximate surface area is 153 Å². The van der Waals surface area contributed by atoms with Gasteiger partial charge < -0.3 is 5.32 Å². The van der Waals surface area contributed by atoms with Crippen LogP contribution in [0.4, 0.5) is 4.39 Å². The van der Waals surface area contributed by atoms with Gasteiger partial charge >= 0.3 is 0 Å². The fraction of sp³-hybridized carbons (Fsp3) is 0.174. The van der Waals surface area contributed by atoms with Crippen LogP contribution in [0.25, 0.3) is 0 Å². The molecule has 1 atom stereocenters. The molecule has 0 radical (unpaired) electrons. The lowest BCUT2D eigenvalue weighted by Gasteiger charge is -2.20. The second-order valence-corrected chi connectivity index (χ2v) is 6.42. The van der Waals surface area contributed by atoms with Crippen LogP contribution in [0.15, 0.2) is 84.9 Å². The average molecular weight is 347 g/mol. The standard InChI is InChI=1S/C23H22FNO/c1-17(18-12-14-21(24)15-13-18)25-23(26)16-22(19-8-4-2-5-9-19)20-10-6-3-7-11-20/h2-15,17,22H,16H2,1H3,(H,25,26)/t17-/m0/s1. The van der Waals surface area contributed by atoms with Crippen molar-refractivity contribution in [2.75, 3.05) is 0 Å². The van der Waals surface area contributed by atoms with Gasteiger partial charge in [0.25, 0.3) is 0 Å². The molecule has 132 valence electrons. The molecule has 0 aliphatic rings. The van der Waals surface area contributed by atoms with E-state index in [-0.39, 0.29) is 23.7 Å². The van der Waals surface area contributed by atoms with Crippen molar-refractivity contribution in [3.05, 3.63) is 107 Å². The third kappa shape index (κ3) is 4.57. The first-order chi connectivity index (χ1) is 12.6. The number of carbonyl (C=O) groups is 1. The minimum absolute atomic E-state index is 0.00202. The summed E-state index contributed by atoms with van der Waals surface area (Å²) < 4.78 is 13.1. The topological polar surface area (TPSA) is 29.1 Å². The van der Waals surface area contributed by atoms with Gasteiger partial charge in [0.05, 0.1) is 6.04 Å². The number of rotatable bonds is 6. The number of hydrogen-bond donors (Lipinski definition) is 1. The SMILES string of the molecule is C[C@H](NC(=O)CC(c1ccccc1)c1ccccc1)c1ccc(F)cc1. The van der Waals surface area contributed by atoms with Crippen LogP contribution in [0.1, 0.15) is 42.0 Å². The van der Waals surface area contributed by atoms with Crippen molar-refractivity contribution >= 4 is 5.91 Å². The zero-order valence-corrected chi connectivity index (χ0v) is 14.7. The second-order valence-electron chi connectivity index (χ2n) is 6.42. The van der Waals surface area contributed by atoms with Crippen molar-refractivity contribution in [3.63, 3.8) is 0 Å². The molecule has 0 fully saturated rings. The highest BCUT2D eigenvalue weighted by Crippen LogP contribution is 2.28. The van der Waals surface area contributed by atoms with Crippen molar-refractivity contribution in [2.45, 2.75) is 25.3 Å². The van der Waals surface area contributed by atoms with E-state index in [0.717, 1.165) is 16.7 Å². The lowest BCUT2D eigenvalue weighted by Crippen LogP contribution is -2.28. The van der Waals surface area contributed by atoms with Crippen LogP contribution in [0.5, 0.6) is 0 Å². The van der Waals surface area contributed by atoms with Gasteiger partial charge in [0.15, 0.2) is 0 Å². The molecule has 26 heavy (non-hydrogen) atoms. The number of nitrogens with one attached hydrogen (secondary N) is 1. The van der Waals surface area contributed by atoms with Crippen LogP contribution in [0.3, 0.4) is 0 Å². The Morgan fingerprint density at radius 1 is 0.808 bits per heavy atom. The lowest BCUT2D eigenvalue weighted by molar-refractivity contribution is -0.121. The molecule has 0 bridgehead atoms. The molecule has 0 unspecified atom stereocenters. The Balaban J connectivity index is 1.74. The lowest BCUT2D eigenvalue weighted by atomic mass is 9.88. The van der Waals surface area contributed by atoms with E-state index in [4.69, 9.17) is 0 Å². The summed E-state index contributed by atoms with van der Waals surface area (Å²) in [5, 5.41) is 3.02. The zero-order chi connectivity index (χ0) is 18.4. The van der Waals surface area contributed by atoms with Gasteiger partial charge in [-0.3, -0.25) is 4.79 Å². The molecule has 0 saturated carbocycles. The van der Waals surface area contributed by atoms with E-state index in [9.17, 15) is 9.18 Å². The van der Waals surface area contributed by atoms with Gasteiger partial charge in [-0.1, -0.05) is 72.8 Å². The number of carbonyl (C=O) groups excluding carboxylic acids is 1. The van der Waals surface area contributed by atoms with Crippen molar-refractivity contribution in [1.29, 1.82) is 0 Å². The largest absolute Gasteiger partial charge is 0.350 e. The molecule has 3 aromatic rings. The normalized spacial score (nSPS) is 12.0. The molecule has 1 amide bonds. The molecular weight excluding hydrogens is 325 g/mol. The maximum atomic E-state index is 13.1. The molecule has 0 aromatic heterocycles. The fourth-order valence-corrected chi connectivity index (χ4v) is 3.12. The van der Waals surface area contributed by atoms with Gasteiger partial charge in [-0.25, -0.2) is 4.39 Å². The fourth-order valence-electron chi connectivity index (χ4n) is 3.12. The summed E-state index contributed by atoms with van der Waals surface area (Å²) in [5.41, 5.74) is 3.11. The molecule has 3 heteroatoms. The van der Waals surface area contributed by atoms with Crippen LogP contribution >= 0.6 is 0 Å². The molecule has 3 rings (SSSR count). The maximum Gasteiger partial charge on any atom is 0.221 e. The highest BCUT2D eigenvalue weighted by molar-refractivity contribution is 5.78. The summed E-state index contributed by atoms with van der Waals surface area (Å²) in [6, 6.07) is 26.2. The van der Waals surface area contributed by atoms with Crippen LogP contribution in [0.2, 0.25) is 0 Å². The molecule has 2 nitrogen and oxygen atoms in total. The van der Waals surface area contributed by atoms with E-state index >= 15 is 0 Å². The monoisotopic (exact) mass is 347 g/mol. The van der Waals surface area contributed by atoms with Crippen molar-refractivity contribution in [1.82, 2.24) is 5.32 Å². The van der Waals surface area contributed by atoms with Gasteiger partial charge in [0.2, 0.25) is 5.91 Å². The highest BCUT2D eigenvalue weighted by atomic mass is 19.1. The molecule has 0 aliphatic carbocycles. The number of hydrogen-bond acceptors (Lipinski definition) is 1. The average Bonchev–Trinajstić information content (AvgIpc) is 2.68.